The second-order valence-corrected chi connectivity index (χ2v) is 7.87. The molecule has 4 rings (SSSR count). The fourth-order valence-electron chi connectivity index (χ4n) is 3.86. The number of aromatic nitrogens is 4. The van der Waals surface area contributed by atoms with Gasteiger partial charge in [0.25, 0.3) is 0 Å². The average molecular weight is 426 g/mol. The highest BCUT2D eigenvalue weighted by Crippen LogP contribution is 2.34. The normalized spacial score (nSPS) is 16.4. The number of anilines is 1. The molecule has 1 aromatic carbocycles. The van der Waals surface area contributed by atoms with Crippen LogP contribution in [0.3, 0.4) is 0 Å². The Bertz CT molecular complexity index is 1070. The van der Waals surface area contributed by atoms with Gasteiger partial charge in [-0.15, -0.1) is 0 Å². The number of carbonyl (C=O) groups is 1. The summed E-state index contributed by atoms with van der Waals surface area (Å²) in [5.41, 5.74) is 1.90. The molecule has 3 heterocycles. The summed E-state index contributed by atoms with van der Waals surface area (Å²) in [6, 6.07) is 5.58. The zero-order chi connectivity index (χ0) is 22.0. The van der Waals surface area contributed by atoms with Gasteiger partial charge in [-0.3, -0.25) is 9.48 Å². The lowest BCUT2D eigenvalue weighted by Crippen LogP contribution is -2.41. The van der Waals surface area contributed by atoms with Crippen LogP contribution in [-0.2, 0) is 11.3 Å². The van der Waals surface area contributed by atoms with Crippen LogP contribution in [0.4, 0.5) is 14.7 Å². The third-order valence-corrected chi connectivity index (χ3v) is 5.45. The standard InChI is InChI=1S/C22H24F2N6O/c1-28(2)22-25-12-17(15-6-7-18(23)19(24)11-15)21(27-22)16-5-3-9-29(13-16)20(31)14-30-10-4-8-26-30/h4,6-8,10-12,16H,3,5,9,13-14H2,1-2H3. The molecule has 3 aromatic rings. The summed E-state index contributed by atoms with van der Waals surface area (Å²) in [7, 11) is 3.69. The van der Waals surface area contributed by atoms with Gasteiger partial charge in [0.05, 0.1) is 5.69 Å². The minimum Gasteiger partial charge on any atom is -0.347 e. The maximum absolute atomic E-state index is 13.9. The monoisotopic (exact) mass is 426 g/mol. The van der Waals surface area contributed by atoms with E-state index < -0.39 is 11.6 Å². The fraction of sp³-hybridized carbons (Fsp3) is 0.364. The number of carbonyl (C=O) groups excluding carboxylic acids is 1. The van der Waals surface area contributed by atoms with Crippen molar-refractivity contribution in [2.75, 3.05) is 32.1 Å². The lowest BCUT2D eigenvalue weighted by atomic mass is 9.90. The Hall–Kier alpha value is -3.36. The number of amides is 1. The highest BCUT2D eigenvalue weighted by molar-refractivity contribution is 5.76. The molecular formula is C22H24F2N6O. The second kappa shape index (κ2) is 8.79. The van der Waals surface area contributed by atoms with Gasteiger partial charge in [0.1, 0.15) is 6.54 Å². The predicted octanol–water partition coefficient (Wildman–Crippen LogP) is 3.09. The van der Waals surface area contributed by atoms with Crippen LogP contribution >= 0.6 is 0 Å². The number of piperidine rings is 1. The van der Waals surface area contributed by atoms with Gasteiger partial charge in [-0.25, -0.2) is 18.7 Å². The maximum atomic E-state index is 13.9. The zero-order valence-electron chi connectivity index (χ0n) is 17.5. The van der Waals surface area contributed by atoms with Crippen molar-refractivity contribution in [3.05, 3.63) is 60.2 Å². The molecule has 2 aromatic heterocycles. The zero-order valence-corrected chi connectivity index (χ0v) is 17.5. The molecule has 9 heteroatoms. The highest BCUT2D eigenvalue weighted by atomic mass is 19.2. The Kier molecular flexibility index (Phi) is 5.92. The first kappa shape index (κ1) is 20.9. The summed E-state index contributed by atoms with van der Waals surface area (Å²) >= 11 is 0. The van der Waals surface area contributed by atoms with Gasteiger partial charge in [0.15, 0.2) is 11.6 Å². The molecular weight excluding hydrogens is 402 g/mol. The van der Waals surface area contributed by atoms with E-state index in [4.69, 9.17) is 4.98 Å². The van der Waals surface area contributed by atoms with Crippen LogP contribution in [0, 0.1) is 11.6 Å². The molecule has 7 nitrogen and oxygen atoms in total. The van der Waals surface area contributed by atoms with Crippen molar-refractivity contribution in [2.45, 2.75) is 25.3 Å². The number of hydrogen-bond acceptors (Lipinski definition) is 5. The molecule has 0 bridgehead atoms. The van der Waals surface area contributed by atoms with Crippen molar-refractivity contribution in [2.24, 2.45) is 0 Å². The first-order chi connectivity index (χ1) is 14.9. The first-order valence-corrected chi connectivity index (χ1v) is 10.2. The van der Waals surface area contributed by atoms with E-state index in [2.05, 4.69) is 10.1 Å². The van der Waals surface area contributed by atoms with Crippen molar-refractivity contribution >= 4 is 11.9 Å². The summed E-state index contributed by atoms with van der Waals surface area (Å²) in [4.78, 5) is 25.5. The van der Waals surface area contributed by atoms with Crippen LogP contribution in [0.2, 0.25) is 0 Å². The van der Waals surface area contributed by atoms with Gasteiger partial charge in [-0.05, 0) is 36.6 Å². The van der Waals surface area contributed by atoms with Crippen LogP contribution in [-0.4, -0.2) is 57.7 Å². The van der Waals surface area contributed by atoms with E-state index in [9.17, 15) is 13.6 Å². The Morgan fingerprint density at radius 1 is 1.26 bits per heavy atom. The first-order valence-electron chi connectivity index (χ1n) is 10.2. The van der Waals surface area contributed by atoms with Crippen molar-refractivity contribution in [1.29, 1.82) is 0 Å². The van der Waals surface area contributed by atoms with Crippen molar-refractivity contribution in [3.8, 4) is 11.1 Å². The Labute approximate surface area is 179 Å². The second-order valence-electron chi connectivity index (χ2n) is 7.87. The quantitative estimate of drug-likeness (QED) is 0.627. The average Bonchev–Trinajstić information content (AvgIpc) is 3.28. The molecule has 0 saturated carbocycles. The maximum Gasteiger partial charge on any atom is 0.244 e. The number of hydrogen-bond donors (Lipinski definition) is 0. The van der Waals surface area contributed by atoms with Crippen molar-refractivity contribution in [1.82, 2.24) is 24.6 Å². The fourth-order valence-corrected chi connectivity index (χ4v) is 3.86. The topological polar surface area (TPSA) is 67.2 Å². The third kappa shape index (κ3) is 4.55. The molecule has 31 heavy (non-hydrogen) atoms. The van der Waals surface area contributed by atoms with Crippen LogP contribution in [0.5, 0.6) is 0 Å². The minimum atomic E-state index is -0.917. The predicted molar refractivity (Wildman–Crippen MR) is 112 cm³/mol. The van der Waals surface area contributed by atoms with E-state index in [-0.39, 0.29) is 18.4 Å². The van der Waals surface area contributed by atoms with Gasteiger partial charge in [0.2, 0.25) is 11.9 Å². The van der Waals surface area contributed by atoms with Crippen LogP contribution in [0.25, 0.3) is 11.1 Å². The molecule has 0 aliphatic carbocycles. The minimum absolute atomic E-state index is 0.00957. The van der Waals surface area contributed by atoms with Crippen LogP contribution in [0.1, 0.15) is 24.5 Å². The molecule has 0 radical (unpaired) electrons. The molecule has 1 saturated heterocycles. The Morgan fingerprint density at radius 2 is 2.10 bits per heavy atom. The molecule has 1 amide bonds. The lowest BCUT2D eigenvalue weighted by Gasteiger charge is -2.33. The van der Waals surface area contributed by atoms with Gasteiger partial charge in [-0.2, -0.15) is 5.10 Å². The van der Waals surface area contributed by atoms with E-state index in [1.54, 1.807) is 34.2 Å². The lowest BCUT2D eigenvalue weighted by molar-refractivity contribution is -0.133. The number of nitrogens with zero attached hydrogens (tertiary/aromatic N) is 6. The van der Waals surface area contributed by atoms with Gasteiger partial charge in [0, 0.05) is 57.3 Å². The number of rotatable bonds is 5. The highest BCUT2D eigenvalue weighted by Gasteiger charge is 2.28. The smallest absolute Gasteiger partial charge is 0.244 e. The number of likely N-dealkylation sites (tertiary alicyclic amines) is 1. The molecule has 1 aliphatic rings. The summed E-state index contributed by atoms with van der Waals surface area (Å²) in [6.07, 6.45) is 6.72. The molecule has 0 spiro atoms. The number of halogens is 2. The molecule has 0 N–H and O–H groups in total. The summed E-state index contributed by atoms with van der Waals surface area (Å²) in [6.45, 7) is 1.35. The summed E-state index contributed by atoms with van der Waals surface area (Å²) < 4.78 is 29.0. The van der Waals surface area contributed by atoms with Gasteiger partial charge in [-0.1, -0.05) is 6.07 Å². The molecule has 162 valence electrons. The van der Waals surface area contributed by atoms with Gasteiger partial charge >= 0.3 is 0 Å². The molecule has 1 unspecified atom stereocenters. The van der Waals surface area contributed by atoms with E-state index in [1.807, 2.05) is 19.0 Å². The van der Waals surface area contributed by atoms with E-state index in [1.165, 1.54) is 6.07 Å². The Balaban J connectivity index is 1.65. The van der Waals surface area contributed by atoms with Crippen LogP contribution < -0.4 is 4.90 Å². The number of benzene rings is 1. The van der Waals surface area contributed by atoms with E-state index >= 15 is 0 Å². The SMILES string of the molecule is CN(C)c1ncc(-c2ccc(F)c(F)c2)c(C2CCCN(C(=O)Cn3cccn3)C2)n1. The van der Waals surface area contributed by atoms with Gasteiger partial charge < -0.3 is 9.80 Å². The van der Waals surface area contributed by atoms with E-state index in [0.29, 0.717) is 30.2 Å². The molecule has 1 fully saturated rings. The summed E-state index contributed by atoms with van der Waals surface area (Å²) in [5.74, 6) is -1.34. The molecule has 1 atom stereocenters. The van der Waals surface area contributed by atoms with Crippen molar-refractivity contribution < 1.29 is 13.6 Å². The molecule has 1 aliphatic heterocycles. The van der Waals surface area contributed by atoms with Crippen molar-refractivity contribution in [3.63, 3.8) is 0 Å². The summed E-state index contributed by atoms with van der Waals surface area (Å²) in [5, 5.41) is 4.11. The van der Waals surface area contributed by atoms with Crippen LogP contribution in [0.15, 0.2) is 42.9 Å². The third-order valence-electron chi connectivity index (χ3n) is 5.45. The van der Waals surface area contributed by atoms with E-state index in [0.717, 1.165) is 30.7 Å². The largest absolute Gasteiger partial charge is 0.347 e. The Morgan fingerprint density at radius 3 is 2.81 bits per heavy atom.